The first kappa shape index (κ1) is 8.47. The van der Waals surface area contributed by atoms with Crippen LogP contribution >= 0.6 is 0 Å². The maximum Gasteiger partial charge on any atom is 0.213 e. The fourth-order valence-electron chi connectivity index (χ4n) is 0.852. The van der Waals surface area contributed by atoms with Crippen LogP contribution in [0.25, 0.3) is 0 Å². The number of imidazole rings is 1. The third-order valence-corrected chi connectivity index (χ3v) is 1.56. The summed E-state index contributed by atoms with van der Waals surface area (Å²) < 4.78 is 1.55. The molecule has 0 aromatic carbocycles. The molecule has 62 valence electrons. The van der Waals surface area contributed by atoms with Gasteiger partial charge in [0.1, 0.15) is 6.07 Å². The molecule has 0 aliphatic rings. The molecule has 0 saturated heterocycles. The van der Waals surface area contributed by atoms with Crippen LogP contribution in [0.4, 0.5) is 0 Å². The molecule has 0 spiro atoms. The topological polar surface area (TPSA) is 58.7 Å². The van der Waals surface area contributed by atoms with E-state index in [0.717, 1.165) is 0 Å². The third kappa shape index (κ3) is 1.70. The average Bonchev–Trinajstić information content (AvgIpc) is 2.51. The number of carbonyl (C=O) groups excluding carboxylic acids is 1. The van der Waals surface area contributed by atoms with Gasteiger partial charge in [-0.2, -0.15) is 5.26 Å². The van der Waals surface area contributed by atoms with Crippen molar-refractivity contribution >= 4 is 5.78 Å². The Kier molecular flexibility index (Phi) is 2.59. The Morgan fingerprint density at radius 3 is 3.17 bits per heavy atom. The van der Waals surface area contributed by atoms with Crippen molar-refractivity contribution in [2.24, 2.45) is 0 Å². The molecular formula is C8H9N3O. The van der Waals surface area contributed by atoms with Crippen LogP contribution in [-0.4, -0.2) is 15.3 Å². The Morgan fingerprint density at radius 2 is 2.58 bits per heavy atom. The zero-order valence-electron chi connectivity index (χ0n) is 6.82. The molecule has 0 unspecified atom stereocenters. The summed E-state index contributed by atoms with van der Waals surface area (Å²) in [6.45, 7) is 2.05. The lowest BCUT2D eigenvalue weighted by atomic mass is 10.3. The predicted octanol–water partition coefficient (Wildman–Crippen LogP) is 0.734. The summed E-state index contributed by atoms with van der Waals surface area (Å²) in [6.07, 6.45) is 3.64. The molecule has 0 fully saturated rings. The summed E-state index contributed by atoms with van der Waals surface area (Å²) in [5.74, 6) is 0.390. The monoisotopic (exact) mass is 163 g/mol. The van der Waals surface area contributed by atoms with Crippen molar-refractivity contribution in [2.45, 2.75) is 19.9 Å². The first-order chi connectivity index (χ1) is 5.77. The maximum absolute atomic E-state index is 11.0. The summed E-state index contributed by atoms with van der Waals surface area (Å²) in [5.41, 5.74) is 0. The Balaban J connectivity index is 2.76. The number of nitriles is 1. The van der Waals surface area contributed by atoms with Gasteiger partial charge in [-0.25, -0.2) is 4.98 Å². The minimum atomic E-state index is 0.101. The van der Waals surface area contributed by atoms with Crippen molar-refractivity contribution in [1.29, 1.82) is 5.26 Å². The lowest BCUT2D eigenvalue weighted by molar-refractivity contribution is -0.119. The second kappa shape index (κ2) is 3.67. The molecular weight excluding hydrogens is 154 g/mol. The summed E-state index contributed by atoms with van der Waals surface area (Å²) in [4.78, 5) is 14.8. The second-order valence-electron chi connectivity index (χ2n) is 2.38. The minimum absolute atomic E-state index is 0.101. The van der Waals surface area contributed by atoms with Crippen molar-refractivity contribution in [3.05, 3.63) is 18.2 Å². The molecule has 1 rings (SSSR count). The van der Waals surface area contributed by atoms with E-state index in [1.807, 2.05) is 6.07 Å². The molecule has 0 saturated carbocycles. The number of Topliss-reactive ketones (excluding diaryl/α,β-unsaturated/α-hetero) is 1. The highest BCUT2D eigenvalue weighted by molar-refractivity contribution is 5.77. The summed E-state index contributed by atoms with van der Waals surface area (Å²) in [6, 6.07) is 1.90. The lowest BCUT2D eigenvalue weighted by Gasteiger charge is -1.99. The molecule has 0 bridgehead atoms. The maximum atomic E-state index is 11.0. The van der Waals surface area contributed by atoms with Crippen molar-refractivity contribution in [2.75, 3.05) is 0 Å². The van der Waals surface area contributed by atoms with Crippen LogP contribution in [0.15, 0.2) is 12.4 Å². The van der Waals surface area contributed by atoms with Crippen molar-refractivity contribution in [1.82, 2.24) is 9.55 Å². The van der Waals surface area contributed by atoms with Gasteiger partial charge in [0.25, 0.3) is 0 Å². The number of nitrogens with zero attached hydrogens (tertiary/aromatic N) is 3. The van der Waals surface area contributed by atoms with Gasteiger partial charge in [-0.05, 0) is 0 Å². The van der Waals surface area contributed by atoms with Crippen LogP contribution in [-0.2, 0) is 11.3 Å². The molecule has 1 aromatic rings. The standard InChI is InChI=1S/C8H9N3O/c1-2-7(12)6-11-4-3-10-8(11)5-9/h3-4H,2,6H2,1H3. The van der Waals surface area contributed by atoms with Gasteiger partial charge in [-0.15, -0.1) is 0 Å². The smallest absolute Gasteiger partial charge is 0.213 e. The highest BCUT2D eigenvalue weighted by Crippen LogP contribution is 1.96. The molecule has 12 heavy (non-hydrogen) atoms. The van der Waals surface area contributed by atoms with E-state index in [-0.39, 0.29) is 18.2 Å². The number of hydrogen-bond donors (Lipinski definition) is 0. The number of aromatic nitrogens is 2. The van der Waals surface area contributed by atoms with Crippen LogP contribution < -0.4 is 0 Å². The summed E-state index contributed by atoms with van der Waals surface area (Å²) in [5, 5.41) is 8.55. The van der Waals surface area contributed by atoms with Crippen LogP contribution in [0.1, 0.15) is 19.2 Å². The van der Waals surface area contributed by atoms with E-state index in [0.29, 0.717) is 6.42 Å². The molecule has 0 amide bonds. The molecule has 0 atom stereocenters. The van der Waals surface area contributed by atoms with Gasteiger partial charge in [0.05, 0.1) is 6.54 Å². The first-order valence-electron chi connectivity index (χ1n) is 3.71. The number of ketones is 1. The Morgan fingerprint density at radius 1 is 1.83 bits per heavy atom. The van der Waals surface area contributed by atoms with E-state index in [1.54, 1.807) is 17.7 Å². The highest BCUT2D eigenvalue weighted by Gasteiger charge is 2.04. The van der Waals surface area contributed by atoms with E-state index < -0.39 is 0 Å². The lowest BCUT2D eigenvalue weighted by Crippen LogP contribution is -2.09. The molecule has 0 radical (unpaired) electrons. The molecule has 4 heteroatoms. The minimum Gasteiger partial charge on any atom is -0.315 e. The van der Waals surface area contributed by atoms with Crippen LogP contribution in [0.2, 0.25) is 0 Å². The second-order valence-corrected chi connectivity index (χ2v) is 2.38. The zero-order chi connectivity index (χ0) is 8.97. The largest absolute Gasteiger partial charge is 0.315 e. The van der Waals surface area contributed by atoms with Gasteiger partial charge in [0.2, 0.25) is 5.82 Å². The van der Waals surface area contributed by atoms with Gasteiger partial charge in [0.15, 0.2) is 5.78 Å². The fourth-order valence-corrected chi connectivity index (χ4v) is 0.852. The highest BCUT2D eigenvalue weighted by atomic mass is 16.1. The van der Waals surface area contributed by atoms with Crippen LogP contribution in [0, 0.1) is 11.3 Å². The van der Waals surface area contributed by atoms with E-state index in [1.165, 1.54) is 6.20 Å². The quantitative estimate of drug-likeness (QED) is 0.660. The van der Waals surface area contributed by atoms with E-state index in [9.17, 15) is 4.79 Å². The summed E-state index contributed by atoms with van der Waals surface area (Å²) >= 11 is 0. The molecule has 0 aliphatic carbocycles. The Labute approximate surface area is 70.4 Å². The van der Waals surface area contributed by atoms with Crippen LogP contribution in [0.3, 0.4) is 0 Å². The van der Waals surface area contributed by atoms with Crippen molar-refractivity contribution in [3.63, 3.8) is 0 Å². The number of carbonyl (C=O) groups is 1. The SMILES string of the molecule is CCC(=O)Cn1ccnc1C#N. The average molecular weight is 163 g/mol. The number of rotatable bonds is 3. The van der Waals surface area contributed by atoms with Crippen molar-refractivity contribution in [3.8, 4) is 6.07 Å². The Bertz CT molecular complexity index is 321. The molecule has 0 aliphatic heterocycles. The van der Waals surface area contributed by atoms with Gasteiger partial charge in [-0.3, -0.25) is 4.79 Å². The third-order valence-electron chi connectivity index (χ3n) is 1.56. The van der Waals surface area contributed by atoms with Crippen LogP contribution in [0.5, 0.6) is 0 Å². The summed E-state index contributed by atoms with van der Waals surface area (Å²) in [7, 11) is 0. The molecule has 1 heterocycles. The van der Waals surface area contributed by atoms with E-state index >= 15 is 0 Å². The van der Waals surface area contributed by atoms with E-state index in [2.05, 4.69) is 4.98 Å². The molecule has 4 nitrogen and oxygen atoms in total. The molecule has 1 aromatic heterocycles. The fraction of sp³-hybridized carbons (Fsp3) is 0.375. The van der Waals surface area contributed by atoms with Crippen molar-refractivity contribution < 1.29 is 4.79 Å². The predicted molar refractivity (Wildman–Crippen MR) is 42.2 cm³/mol. The first-order valence-corrected chi connectivity index (χ1v) is 3.71. The van der Waals surface area contributed by atoms with Gasteiger partial charge in [-0.1, -0.05) is 6.92 Å². The normalized spacial score (nSPS) is 9.33. The number of hydrogen-bond acceptors (Lipinski definition) is 3. The Hall–Kier alpha value is -1.63. The molecule has 0 N–H and O–H groups in total. The van der Waals surface area contributed by atoms with Gasteiger partial charge < -0.3 is 4.57 Å². The van der Waals surface area contributed by atoms with Gasteiger partial charge in [0, 0.05) is 18.8 Å². The van der Waals surface area contributed by atoms with Gasteiger partial charge >= 0.3 is 0 Å². The van der Waals surface area contributed by atoms with E-state index in [4.69, 9.17) is 5.26 Å². The zero-order valence-corrected chi connectivity index (χ0v) is 6.82.